The lowest BCUT2D eigenvalue weighted by atomic mass is 10.2. The third kappa shape index (κ3) is 2.61. The fraction of sp³-hybridized carbons (Fsp3) is 0.500. The van der Waals surface area contributed by atoms with E-state index in [0.29, 0.717) is 6.54 Å². The number of nitrogens with zero attached hydrogens (tertiary/aromatic N) is 1. The number of anilines is 1. The van der Waals surface area contributed by atoms with Gasteiger partial charge in [0.05, 0.1) is 10.6 Å². The highest BCUT2D eigenvalue weighted by Crippen LogP contribution is 2.38. The van der Waals surface area contributed by atoms with E-state index in [2.05, 4.69) is 0 Å². The van der Waals surface area contributed by atoms with Crippen molar-refractivity contribution in [1.82, 2.24) is 0 Å². The summed E-state index contributed by atoms with van der Waals surface area (Å²) in [5, 5.41) is 0. The maximum atomic E-state index is 12.7. The van der Waals surface area contributed by atoms with Crippen molar-refractivity contribution in [1.29, 1.82) is 0 Å². The van der Waals surface area contributed by atoms with Crippen LogP contribution in [-0.4, -0.2) is 32.4 Å². The fourth-order valence-electron chi connectivity index (χ4n) is 2.36. The largest absolute Gasteiger partial charge is 0.501 e. The first kappa shape index (κ1) is 15.4. The molecule has 1 heterocycles. The van der Waals surface area contributed by atoms with Gasteiger partial charge in [0.2, 0.25) is 0 Å². The molecule has 1 aromatic rings. The molecule has 2 rings (SSSR count). The Morgan fingerprint density at radius 3 is 2.55 bits per heavy atom. The van der Waals surface area contributed by atoms with Crippen molar-refractivity contribution < 1.29 is 21.6 Å². The van der Waals surface area contributed by atoms with Gasteiger partial charge in [0.1, 0.15) is 0 Å². The second-order valence-corrected chi connectivity index (χ2v) is 6.78. The molecule has 0 N–H and O–H groups in total. The van der Waals surface area contributed by atoms with Gasteiger partial charge in [-0.2, -0.15) is 13.2 Å². The van der Waals surface area contributed by atoms with E-state index in [9.17, 15) is 21.6 Å². The Morgan fingerprint density at radius 2 is 1.95 bits per heavy atom. The van der Waals surface area contributed by atoms with Gasteiger partial charge in [-0.1, -0.05) is 12.1 Å². The standard InChI is InChI=1S/C12H13ClF3NO2S/c13-8-9-4-3-7-17(9)10-5-1-2-6-11(10)20(18,19)12(14,15)16/h1-2,5-6,9H,3-4,7-8H2. The summed E-state index contributed by atoms with van der Waals surface area (Å²) in [6.07, 6.45) is 1.52. The van der Waals surface area contributed by atoms with Crippen molar-refractivity contribution in [2.75, 3.05) is 17.3 Å². The smallest absolute Gasteiger partial charge is 0.366 e. The van der Waals surface area contributed by atoms with Crippen LogP contribution in [0.25, 0.3) is 0 Å². The summed E-state index contributed by atoms with van der Waals surface area (Å²) in [5.41, 5.74) is -5.23. The zero-order chi connectivity index (χ0) is 15.0. The fourth-order valence-corrected chi connectivity index (χ4v) is 3.65. The van der Waals surface area contributed by atoms with Gasteiger partial charge < -0.3 is 4.90 Å². The van der Waals surface area contributed by atoms with Gasteiger partial charge in [-0.3, -0.25) is 0 Å². The van der Waals surface area contributed by atoms with Gasteiger partial charge in [0, 0.05) is 18.5 Å². The van der Waals surface area contributed by atoms with Crippen molar-refractivity contribution in [2.24, 2.45) is 0 Å². The zero-order valence-electron chi connectivity index (χ0n) is 10.4. The second-order valence-electron chi connectivity index (χ2n) is 4.56. The minimum Gasteiger partial charge on any atom is -0.366 e. The van der Waals surface area contributed by atoms with E-state index in [1.807, 2.05) is 0 Å². The monoisotopic (exact) mass is 327 g/mol. The summed E-state index contributed by atoms with van der Waals surface area (Å²) in [5.74, 6) is 0.250. The molecule has 3 nitrogen and oxygen atoms in total. The summed E-state index contributed by atoms with van der Waals surface area (Å²) >= 11 is 5.80. The topological polar surface area (TPSA) is 37.4 Å². The lowest BCUT2D eigenvalue weighted by Crippen LogP contribution is -2.33. The minimum atomic E-state index is -5.36. The average Bonchev–Trinajstić information content (AvgIpc) is 2.85. The molecule has 1 unspecified atom stereocenters. The molecule has 0 spiro atoms. The molecule has 0 aromatic heterocycles. The molecular formula is C12H13ClF3NO2S. The number of alkyl halides is 4. The molecule has 1 saturated heterocycles. The minimum absolute atomic E-state index is 0.0768. The van der Waals surface area contributed by atoms with Crippen LogP contribution in [0.4, 0.5) is 18.9 Å². The maximum absolute atomic E-state index is 12.7. The predicted molar refractivity (Wildman–Crippen MR) is 70.8 cm³/mol. The van der Waals surface area contributed by atoms with Crippen LogP contribution in [-0.2, 0) is 9.84 Å². The van der Waals surface area contributed by atoms with Gasteiger partial charge in [0.15, 0.2) is 0 Å². The number of hydrogen-bond acceptors (Lipinski definition) is 3. The van der Waals surface area contributed by atoms with Crippen LogP contribution in [0.2, 0.25) is 0 Å². The maximum Gasteiger partial charge on any atom is 0.501 e. The van der Waals surface area contributed by atoms with Gasteiger partial charge >= 0.3 is 5.51 Å². The molecule has 1 fully saturated rings. The third-order valence-electron chi connectivity index (χ3n) is 3.32. The molecule has 0 aliphatic carbocycles. The van der Waals surface area contributed by atoms with Gasteiger partial charge in [-0.05, 0) is 25.0 Å². The second kappa shape index (κ2) is 5.44. The van der Waals surface area contributed by atoms with Crippen LogP contribution < -0.4 is 4.90 Å². The first-order valence-electron chi connectivity index (χ1n) is 6.02. The first-order chi connectivity index (χ1) is 9.29. The van der Waals surface area contributed by atoms with Crippen LogP contribution in [0.15, 0.2) is 29.2 Å². The van der Waals surface area contributed by atoms with Crippen LogP contribution >= 0.6 is 11.6 Å². The Balaban J connectivity index is 2.52. The molecule has 1 aromatic carbocycles. The Labute approximate surface area is 120 Å². The van der Waals surface area contributed by atoms with E-state index < -0.39 is 20.2 Å². The Morgan fingerprint density at radius 1 is 1.30 bits per heavy atom. The number of benzene rings is 1. The van der Waals surface area contributed by atoms with E-state index in [-0.39, 0.29) is 17.6 Å². The summed E-state index contributed by atoms with van der Waals surface area (Å²) in [4.78, 5) is 0.940. The highest BCUT2D eigenvalue weighted by molar-refractivity contribution is 7.92. The SMILES string of the molecule is O=S(=O)(c1ccccc1N1CCCC1CCl)C(F)(F)F. The van der Waals surface area contributed by atoms with Gasteiger partial charge in [-0.25, -0.2) is 8.42 Å². The Hall–Kier alpha value is -0.950. The highest BCUT2D eigenvalue weighted by Gasteiger charge is 2.48. The van der Waals surface area contributed by atoms with Crippen LogP contribution in [0.1, 0.15) is 12.8 Å². The quantitative estimate of drug-likeness (QED) is 0.800. The molecule has 0 bridgehead atoms. The zero-order valence-corrected chi connectivity index (χ0v) is 12.0. The van der Waals surface area contributed by atoms with Gasteiger partial charge in [0.25, 0.3) is 9.84 Å². The first-order valence-corrected chi connectivity index (χ1v) is 8.04. The molecule has 20 heavy (non-hydrogen) atoms. The van der Waals surface area contributed by atoms with Crippen LogP contribution in [0, 0.1) is 0 Å². The van der Waals surface area contributed by atoms with E-state index in [1.54, 1.807) is 4.90 Å². The molecule has 1 aliphatic rings. The van der Waals surface area contributed by atoms with Crippen molar-refractivity contribution in [2.45, 2.75) is 29.3 Å². The molecule has 1 atom stereocenters. The number of hydrogen-bond donors (Lipinski definition) is 0. The number of rotatable bonds is 3. The molecular weight excluding hydrogens is 315 g/mol. The van der Waals surface area contributed by atoms with Crippen molar-refractivity contribution in [3.05, 3.63) is 24.3 Å². The molecule has 0 radical (unpaired) electrons. The van der Waals surface area contributed by atoms with Crippen molar-refractivity contribution >= 4 is 27.1 Å². The normalized spacial score (nSPS) is 20.4. The molecule has 112 valence electrons. The Bertz CT molecular complexity index is 589. The van der Waals surface area contributed by atoms with Crippen molar-refractivity contribution in [3.63, 3.8) is 0 Å². The highest BCUT2D eigenvalue weighted by atomic mass is 35.5. The summed E-state index contributed by atoms with van der Waals surface area (Å²) in [7, 11) is -5.36. The molecule has 1 aliphatic heterocycles. The van der Waals surface area contributed by atoms with Gasteiger partial charge in [-0.15, -0.1) is 11.6 Å². The van der Waals surface area contributed by atoms with E-state index in [4.69, 9.17) is 11.6 Å². The summed E-state index contributed by atoms with van der Waals surface area (Å²) in [6.45, 7) is 0.502. The molecule has 0 saturated carbocycles. The van der Waals surface area contributed by atoms with E-state index in [1.165, 1.54) is 18.2 Å². The molecule has 8 heteroatoms. The van der Waals surface area contributed by atoms with Crippen LogP contribution in [0.3, 0.4) is 0 Å². The number of halogens is 4. The van der Waals surface area contributed by atoms with E-state index in [0.717, 1.165) is 18.9 Å². The van der Waals surface area contributed by atoms with Crippen molar-refractivity contribution in [3.8, 4) is 0 Å². The number of sulfone groups is 1. The third-order valence-corrected chi connectivity index (χ3v) is 5.21. The lowest BCUT2D eigenvalue weighted by molar-refractivity contribution is -0.0435. The average molecular weight is 328 g/mol. The molecule has 0 amide bonds. The predicted octanol–water partition coefficient (Wildman–Crippen LogP) is 3.19. The lowest BCUT2D eigenvalue weighted by Gasteiger charge is -2.27. The summed E-state index contributed by atoms with van der Waals surface area (Å²) in [6, 6.07) is 5.05. The van der Waals surface area contributed by atoms with E-state index >= 15 is 0 Å². The van der Waals surface area contributed by atoms with Crippen LogP contribution in [0.5, 0.6) is 0 Å². The number of para-hydroxylation sites is 1. The Kier molecular flexibility index (Phi) is 4.20. The summed E-state index contributed by atoms with van der Waals surface area (Å²) < 4.78 is 61.5.